The summed E-state index contributed by atoms with van der Waals surface area (Å²) in [6, 6.07) is 43.5. The number of hydrogen-bond donors (Lipinski definition) is 0. The molecule has 0 fully saturated rings. The number of fused-ring (bicyclic) bond motifs is 12. The second-order valence-corrected chi connectivity index (χ2v) is 12.9. The third kappa shape index (κ3) is 2.89. The predicted molar refractivity (Wildman–Crippen MR) is 182 cm³/mol. The number of nitrogens with zero attached hydrogens (tertiary/aromatic N) is 4. The smallest absolute Gasteiger partial charge is 0.0992 e. The van der Waals surface area contributed by atoms with E-state index in [0.717, 1.165) is 43.8 Å². The van der Waals surface area contributed by atoms with E-state index < -0.39 is 0 Å². The average Bonchev–Trinajstić information content (AvgIpc) is 3.76. The molecule has 0 aliphatic heterocycles. The number of para-hydroxylation sites is 1. The molecule has 45 heavy (non-hydrogen) atoms. The summed E-state index contributed by atoms with van der Waals surface area (Å²) in [6.07, 6.45) is 0. The summed E-state index contributed by atoms with van der Waals surface area (Å²) >= 11 is 0. The highest BCUT2D eigenvalue weighted by Gasteiger charge is 2.36. The predicted octanol–water partition coefficient (Wildman–Crippen LogP) is 9.98. The maximum atomic E-state index is 9.75. The van der Waals surface area contributed by atoms with Gasteiger partial charge in [0.2, 0.25) is 0 Å². The molecule has 0 amide bonds. The van der Waals surface area contributed by atoms with Gasteiger partial charge >= 0.3 is 0 Å². The summed E-state index contributed by atoms with van der Waals surface area (Å²) < 4.78 is 4.66. The minimum absolute atomic E-state index is 0.108. The number of aromatic nitrogens is 2. The van der Waals surface area contributed by atoms with Crippen molar-refractivity contribution in [2.24, 2.45) is 0 Å². The standard InChI is InChI=1S/C41H24N4/c1-41(2)34-9-5-3-7-26(34)30-19-31-27-8-4-6-10-36(27)44(39(31)20-35(30)41)25-17-32-28-13-11-23(21-42)15-37(28)45-38-16-24(22-43)12-14-29(38)33(18-25)40(32)45/h3-20H,1-2H3. The number of benzene rings is 6. The van der Waals surface area contributed by atoms with E-state index in [1.54, 1.807) is 0 Å². The Hall–Kier alpha value is -6.10. The zero-order valence-corrected chi connectivity index (χ0v) is 24.7. The summed E-state index contributed by atoms with van der Waals surface area (Å²) in [6.45, 7) is 4.67. The summed E-state index contributed by atoms with van der Waals surface area (Å²) in [5.74, 6) is 0. The fourth-order valence-corrected chi connectivity index (χ4v) is 8.24. The Morgan fingerprint density at radius 3 is 1.82 bits per heavy atom. The average molecular weight is 573 g/mol. The number of rotatable bonds is 1. The van der Waals surface area contributed by atoms with Gasteiger partial charge < -0.3 is 8.97 Å². The molecular weight excluding hydrogens is 548 g/mol. The van der Waals surface area contributed by atoms with Gasteiger partial charge in [-0.25, -0.2) is 0 Å². The zero-order chi connectivity index (χ0) is 30.2. The lowest BCUT2D eigenvalue weighted by Gasteiger charge is -2.21. The minimum atomic E-state index is -0.108. The Kier molecular flexibility index (Phi) is 4.37. The lowest BCUT2D eigenvalue weighted by molar-refractivity contribution is 0.661. The summed E-state index contributed by atoms with van der Waals surface area (Å²) in [5.41, 5.74) is 13.0. The van der Waals surface area contributed by atoms with E-state index in [4.69, 9.17) is 0 Å². The van der Waals surface area contributed by atoms with E-state index in [1.165, 1.54) is 44.1 Å². The first kappa shape index (κ1) is 24.4. The van der Waals surface area contributed by atoms with Crippen molar-refractivity contribution in [3.05, 3.63) is 131 Å². The van der Waals surface area contributed by atoms with Crippen molar-refractivity contribution in [3.63, 3.8) is 0 Å². The Labute approximate surface area is 258 Å². The molecule has 0 N–H and O–H groups in total. The molecule has 208 valence electrons. The van der Waals surface area contributed by atoms with Crippen LogP contribution in [-0.4, -0.2) is 8.97 Å². The molecule has 3 aromatic heterocycles. The van der Waals surface area contributed by atoms with Crippen molar-refractivity contribution in [1.29, 1.82) is 10.5 Å². The summed E-state index contributed by atoms with van der Waals surface area (Å²) in [7, 11) is 0. The van der Waals surface area contributed by atoms with E-state index >= 15 is 0 Å². The molecule has 1 aliphatic carbocycles. The molecule has 0 radical (unpaired) electrons. The van der Waals surface area contributed by atoms with Crippen LogP contribution < -0.4 is 0 Å². The topological polar surface area (TPSA) is 56.9 Å². The van der Waals surface area contributed by atoms with Crippen LogP contribution in [0.2, 0.25) is 0 Å². The normalized spacial score (nSPS) is 13.7. The monoisotopic (exact) mass is 572 g/mol. The van der Waals surface area contributed by atoms with Crippen LogP contribution in [0, 0.1) is 22.7 Å². The molecule has 10 rings (SSSR count). The Morgan fingerprint density at radius 1 is 0.511 bits per heavy atom. The fraction of sp³-hybridized carbons (Fsp3) is 0.0732. The van der Waals surface area contributed by atoms with Crippen LogP contribution in [0.5, 0.6) is 0 Å². The van der Waals surface area contributed by atoms with Crippen molar-refractivity contribution in [3.8, 4) is 29.0 Å². The first-order valence-electron chi connectivity index (χ1n) is 15.2. The molecular formula is C41H24N4. The first-order valence-corrected chi connectivity index (χ1v) is 15.2. The van der Waals surface area contributed by atoms with E-state index in [9.17, 15) is 10.5 Å². The van der Waals surface area contributed by atoms with Crippen LogP contribution in [-0.2, 0) is 5.41 Å². The molecule has 6 aromatic carbocycles. The Bertz CT molecular complexity index is 2760. The van der Waals surface area contributed by atoms with Crippen LogP contribution in [0.3, 0.4) is 0 Å². The van der Waals surface area contributed by atoms with Crippen LogP contribution in [0.1, 0.15) is 36.1 Å². The SMILES string of the molecule is CC1(C)c2ccccc2-c2cc3c4ccccc4n(-c4cc5c6ccc(C#N)cc6n6c7cc(C#N)ccc7c(c4)c56)c3cc21. The zero-order valence-electron chi connectivity index (χ0n) is 24.7. The maximum absolute atomic E-state index is 9.75. The van der Waals surface area contributed by atoms with E-state index in [1.807, 2.05) is 24.3 Å². The highest BCUT2D eigenvalue weighted by atomic mass is 15.0. The lowest BCUT2D eigenvalue weighted by Crippen LogP contribution is -2.14. The fourth-order valence-electron chi connectivity index (χ4n) is 8.24. The molecule has 0 bridgehead atoms. The molecule has 3 heterocycles. The van der Waals surface area contributed by atoms with Crippen molar-refractivity contribution in [2.45, 2.75) is 19.3 Å². The molecule has 4 nitrogen and oxygen atoms in total. The van der Waals surface area contributed by atoms with E-state index in [0.29, 0.717) is 11.1 Å². The molecule has 0 saturated heterocycles. The van der Waals surface area contributed by atoms with E-state index in [-0.39, 0.29) is 5.41 Å². The van der Waals surface area contributed by atoms with Gasteiger partial charge in [-0.05, 0) is 76.9 Å². The van der Waals surface area contributed by atoms with E-state index in [2.05, 4.69) is 120 Å². The van der Waals surface area contributed by atoms with Gasteiger partial charge in [0, 0.05) is 43.4 Å². The van der Waals surface area contributed by atoms with Gasteiger partial charge in [0.1, 0.15) is 0 Å². The van der Waals surface area contributed by atoms with Crippen molar-refractivity contribution >= 4 is 59.9 Å². The number of nitriles is 2. The summed E-state index contributed by atoms with van der Waals surface area (Å²) in [5, 5.41) is 26.4. The Balaban J connectivity index is 1.37. The van der Waals surface area contributed by atoms with Crippen LogP contribution >= 0.6 is 0 Å². The second-order valence-electron chi connectivity index (χ2n) is 12.9. The lowest BCUT2D eigenvalue weighted by atomic mass is 9.82. The summed E-state index contributed by atoms with van der Waals surface area (Å²) in [4.78, 5) is 0. The van der Waals surface area contributed by atoms with Crippen molar-refractivity contribution in [2.75, 3.05) is 0 Å². The molecule has 0 spiro atoms. The van der Waals surface area contributed by atoms with Crippen LogP contribution in [0.15, 0.2) is 109 Å². The van der Waals surface area contributed by atoms with Gasteiger partial charge in [0.15, 0.2) is 0 Å². The third-order valence-electron chi connectivity index (χ3n) is 10.3. The van der Waals surface area contributed by atoms with Gasteiger partial charge in [-0.1, -0.05) is 68.4 Å². The molecule has 0 saturated carbocycles. The largest absolute Gasteiger partial charge is 0.309 e. The van der Waals surface area contributed by atoms with Gasteiger partial charge in [-0.3, -0.25) is 0 Å². The molecule has 9 aromatic rings. The van der Waals surface area contributed by atoms with Gasteiger partial charge in [-0.15, -0.1) is 0 Å². The molecule has 1 aliphatic rings. The van der Waals surface area contributed by atoms with Gasteiger partial charge in [0.05, 0.1) is 50.8 Å². The number of hydrogen-bond acceptors (Lipinski definition) is 2. The van der Waals surface area contributed by atoms with Crippen molar-refractivity contribution < 1.29 is 0 Å². The van der Waals surface area contributed by atoms with Gasteiger partial charge in [0.25, 0.3) is 0 Å². The molecule has 0 unspecified atom stereocenters. The highest BCUT2D eigenvalue weighted by molar-refractivity contribution is 6.24. The minimum Gasteiger partial charge on any atom is -0.309 e. The third-order valence-corrected chi connectivity index (χ3v) is 10.3. The van der Waals surface area contributed by atoms with Crippen molar-refractivity contribution in [1.82, 2.24) is 8.97 Å². The van der Waals surface area contributed by atoms with Gasteiger partial charge in [-0.2, -0.15) is 10.5 Å². The van der Waals surface area contributed by atoms with Crippen LogP contribution in [0.25, 0.3) is 76.7 Å². The Morgan fingerprint density at radius 2 is 1.13 bits per heavy atom. The second kappa shape index (κ2) is 8.08. The quantitative estimate of drug-likeness (QED) is 0.197. The maximum Gasteiger partial charge on any atom is 0.0992 e. The first-order chi connectivity index (χ1) is 22.0. The molecule has 4 heteroatoms. The molecule has 0 atom stereocenters. The van der Waals surface area contributed by atoms with Crippen LogP contribution in [0.4, 0.5) is 0 Å². The highest BCUT2D eigenvalue weighted by Crippen LogP contribution is 2.51.